The van der Waals surface area contributed by atoms with Crippen LogP contribution in [0, 0.1) is 0 Å². The maximum absolute atomic E-state index is 13.6. The number of rotatable bonds is 5. The molecule has 0 spiro atoms. The van der Waals surface area contributed by atoms with Crippen LogP contribution in [0.4, 0.5) is 0 Å². The summed E-state index contributed by atoms with van der Waals surface area (Å²) in [4.78, 5) is 33.4. The Kier molecular flexibility index (Phi) is 6.19. The molecule has 5 rings (SSSR count). The van der Waals surface area contributed by atoms with Crippen LogP contribution in [-0.2, 0) is 17.6 Å². The van der Waals surface area contributed by atoms with Crippen LogP contribution in [0.25, 0.3) is 10.2 Å². The first kappa shape index (κ1) is 20.6. The van der Waals surface area contributed by atoms with Gasteiger partial charge >= 0.3 is 0 Å². The van der Waals surface area contributed by atoms with Gasteiger partial charge in [-0.25, -0.2) is 4.98 Å². The molecule has 2 aromatic rings. The number of hydrogen-bond donors (Lipinski definition) is 1. The van der Waals surface area contributed by atoms with E-state index in [9.17, 15) is 9.59 Å². The van der Waals surface area contributed by atoms with Gasteiger partial charge in [0.1, 0.15) is 4.83 Å². The van der Waals surface area contributed by atoms with Gasteiger partial charge in [-0.15, -0.1) is 11.3 Å². The van der Waals surface area contributed by atoms with Gasteiger partial charge in [-0.1, -0.05) is 43.9 Å². The highest BCUT2D eigenvalue weighted by Gasteiger charge is 2.27. The summed E-state index contributed by atoms with van der Waals surface area (Å²) < 4.78 is 1.95. The number of nitrogens with zero attached hydrogens (tertiary/aromatic N) is 2. The number of thiophene rings is 1. The predicted molar refractivity (Wildman–Crippen MR) is 124 cm³/mol. The zero-order chi connectivity index (χ0) is 20.5. The zero-order valence-electron chi connectivity index (χ0n) is 17.6. The molecule has 0 unspecified atom stereocenters. The number of amides is 1. The van der Waals surface area contributed by atoms with Crippen molar-refractivity contribution in [2.24, 2.45) is 0 Å². The topological polar surface area (TPSA) is 64.0 Å². The second kappa shape index (κ2) is 9.03. The molecule has 1 amide bonds. The van der Waals surface area contributed by atoms with Crippen molar-refractivity contribution < 1.29 is 4.79 Å². The predicted octanol–water partition coefficient (Wildman–Crippen LogP) is 4.99. The number of fused-ring (bicyclic) bond motifs is 3. The second-order valence-electron chi connectivity index (χ2n) is 9.09. The lowest BCUT2D eigenvalue weighted by Crippen LogP contribution is -2.37. The molecule has 3 aliphatic carbocycles. The third-order valence-electron chi connectivity index (χ3n) is 6.98. The Hall–Kier alpha value is -1.34. The number of hydrogen-bond acceptors (Lipinski definition) is 5. The van der Waals surface area contributed by atoms with Crippen molar-refractivity contribution in [1.82, 2.24) is 14.9 Å². The van der Waals surface area contributed by atoms with Crippen LogP contribution in [0.15, 0.2) is 9.95 Å². The maximum atomic E-state index is 13.6. The summed E-state index contributed by atoms with van der Waals surface area (Å²) in [6.07, 6.45) is 14.8. The van der Waals surface area contributed by atoms with E-state index < -0.39 is 0 Å². The molecule has 2 aromatic heterocycles. The van der Waals surface area contributed by atoms with Gasteiger partial charge in [0, 0.05) is 17.0 Å². The molecule has 2 saturated carbocycles. The van der Waals surface area contributed by atoms with Crippen molar-refractivity contribution in [2.75, 3.05) is 5.75 Å². The fourth-order valence-electron chi connectivity index (χ4n) is 5.43. The molecule has 162 valence electrons. The van der Waals surface area contributed by atoms with E-state index in [0.29, 0.717) is 11.8 Å². The first-order chi connectivity index (χ1) is 14.7. The van der Waals surface area contributed by atoms with E-state index in [1.54, 1.807) is 11.3 Å². The molecule has 0 aliphatic heterocycles. The third-order valence-corrected chi connectivity index (χ3v) is 9.12. The van der Waals surface area contributed by atoms with E-state index >= 15 is 0 Å². The summed E-state index contributed by atoms with van der Waals surface area (Å²) in [5, 5.41) is 4.82. The van der Waals surface area contributed by atoms with Crippen molar-refractivity contribution in [2.45, 2.75) is 101 Å². The quantitative estimate of drug-likeness (QED) is 0.520. The highest BCUT2D eigenvalue weighted by atomic mass is 32.2. The summed E-state index contributed by atoms with van der Waals surface area (Å²) in [6, 6.07) is 0.556. The third kappa shape index (κ3) is 4.07. The number of thioether (sulfide) groups is 1. The van der Waals surface area contributed by atoms with Crippen LogP contribution in [-0.4, -0.2) is 27.3 Å². The Labute approximate surface area is 186 Å². The van der Waals surface area contributed by atoms with Crippen LogP contribution in [0.2, 0.25) is 0 Å². The number of nitrogens with one attached hydrogen (secondary N) is 1. The second-order valence-corrected chi connectivity index (χ2v) is 11.1. The van der Waals surface area contributed by atoms with E-state index in [2.05, 4.69) is 5.32 Å². The molecule has 7 heteroatoms. The van der Waals surface area contributed by atoms with Gasteiger partial charge < -0.3 is 5.32 Å². The van der Waals surface area contributed by atoms with Crippen LogP contribution < -0.4 is 10.9 Å². The van der Waals surface area contributed by atoms with Gasteiger partial charge in [-0.05, 0) is 56.9 Å². The summed E-state index contributed by atoms with van der Waals surface area (Å²) in [5.41, 5.74) is 1.40. The standard InChI is InChI=1S/C23H31N3O2S2/c27-19(24-15-8-2-1-3-9-15)14-29-23-25-21-20(17-12-6-7-13-18(17)30-21)22(28)26(23)16-10-4-5-11-16/h15-16H,1-14H2,(H,24,27). The Bertz CT molecular complexity index is 984. The highest BCUT2D eigenvalue weighted by Crippen LogP contribution is 2.37. The summed E-state index contributed by atoms with van der Waals surface area (Å²) >= 11 is 3.16. The molecule has 2 fully saturated rings. The normalized spacial score (nSPS) is 20.5. The Morgan fingerprint density at radius 3 is 2.57 bits per heavy atom. The molecule has 2 heterocycles. The first-order valence-electron chi connectivity index (χ1n) is 11.7. The van der Waals surface area contributed by atoms with Gasteiger partial charge in [0.25, 0.3) is 5.56 Å². The number of aryl methyl sites for hydroxylation is 2. The lowest BCUT2D eigenvalue weighted by molar-refractivity contribution is -0.119. The van der Waals surface area contributed by atoms with Crippen LogP contribution in [0.3, 0.4) is 0 Å². The molecule has 0 bridgehead atoms. The molecule has 5 nitrogen and oxygen atoms in total. The number of carbonyl (C=O) groups excluding carboxylic acids is 1. The zero-order valence-corrected chi connectivity index (χ0v) is 19.2. The van der Waals surface area contributed by atoms with Crippen molar-refractivity contribution in [3.63, 3.8) is 0 Å². The first-order valence-corrected chi connectivity index (χ1v) is 13.5. The minimum atomic E-state index is 0.0738. The average Bonchev–Trinajstić information content (AvgIpc) is 3.40. The van der Waals surface area contributed by atoms with Crippen molar-refractivity contribution in [3.8, 4) is 0 Å². The molecule has 0 aromatic carbocycles. The summed E-state index contributed by atoms with van der Waals surface area (Å²) in [5.74, 6) is 0.413. The minimum Gasteiger partial charge on any atom is -0.353 e. The Morgan fingerprint density at radius 1 is 1.03 bits per heavy atom. The van der Waals surface area contributed by atoms with E-state index in [0.717, 1.165) is 53.9 Å². The van der Waals surface area contributed by atoms with Gasteiger partial charge in [0.05, 0.1) is 11.1 Å². The van der Waals surface area contributed by atoms with Crippen molar-refractivity contribution >= 4 is 39.2 Å². The highest BCUT2D eigenvalue weighted by molar-refractivity contribution is 7.99. The summed E-state index contributed by atoms with van der Waals surface area (Å²) in [6.45, 7) is 0. The summed E-state index contributed by atoms with van der Waals surface area (Å²) in [7, 11) is 0. The average molecular weight is 446 g/mol. The Balaban J connectivity index is 1.43. The lowest BCUT2D eigenvalue weighted by atomic mass is 9.95. The van der Waals surface area contributed by atoms with Gasteiger partial charge in [-0.3, -0.25) is 14.2 Å². The molecule has 0 saturated heterocycles. The number of carbonyl (C=O) groups is 1. The lowest BCUT2D eigenvalue weighted by Gasteiger charge is -2.23. The van der Waals surface area contributed by atoms with Gasteiger partial charge in [0.15, 0.2) is 5.16 Å². The van der Waals surface area contributed by atoms with Crippen LogP contribution in [0.5, 0.6) is 0 Å². The fourth-order valence-corrected chi connectivity index (χ4v) is 7.61. The van der Waals surface area contributed by atoms with E-state index in [1.165, 1.54) is 67.1 Å². The molecule has 30 heavy (non-hydrogen) atoms. The van der Waals surface area contributed by atoms with Crippen LogP contribution in [0.1, 0.15) is 87.1 Å². The molecular weight excluding hydrogens is 414 g/mol. The van der Waals surface area contributed by atoms with E-state index in [-0.39, 0.29) is 17.5 Å². The molecular formula is C23H31N3O2S2. The van der Waals surface area contributed by atoms with Crippen molar-refractivity contribution in [1.29, 1.82) is 0 Å². The fraction of sp³-hybridized carbons (Fsp3) is 0.696. The molecule has 0 atom stereocenters. The SMILES string of the molecule is O=C(CSc1nc2sc3c(c2c(=O)n1C1CCCC1)CCCC3)NC1CCCCC1. The maximum Gasteiger partial charge on any atom is 0.263 e. The van der Waals surface area contributed by atoms with Crippen molar-refractivity contribution in [3.05, 3.63) is 20.8 Å². The van der Waals surface area contributed by atoms with Gasteiger partial charge in [-0.2, -0.15) is 0 Å². The number of aromatic nitrogens is 2. The monoisotopic (exact) mass is 445 g/mol. The largest absolute Gasteiger partial charge is 0.353 e. The van der Waals surface area contributed by atoms with E-state index in [4.69, 9.17) is 4.98 Å². The van der Waals surface area contributed by atoms with Gasteiger partial charge in [0.2, 0.25) is 5.91 Å². The smallest absolute Gasteiger partial charge is 0.263 e. The van der Waals surface area contributed by atoms with Crippen LogP contribution >= 0.6 is 23.1 Å². The minimum absolute atomic E-state index is 0.0738. The Morgan fingerprint density at radius 2 is 1.77 bits per heavy atom. The molecule has 0 radical (unpaired) electrons. The molecule has 1 N–H and O–H groups in total. The van der Waals surface area contributed by atoms with E-state index in [1.807, 2.05) is 4.57 Å². The molecule has 3 aliphatic rings.